The first-order chi connectivity index (χ1) is 9.59. The number of aromatic nitrogens is 2. The van der Waals surface area contributed by atoms with E-state index in [4.69, 9.17) is 27.9 Å². The molecule has 0 atom stereocenters. The Morgan fingerprint density at radius 2 is 1.95 bits per heavy atom. The van der Waals surface area contributed by atoms with Crippen LogP contribution in [0.25, 0.3) is 11.0 Å². The summed E-state index contributed by atoms with van der Waals surface area (Å²) in [5.74, 6) is 0.661. The molecule has 7 heteroatoms. The lowest BCUT2D eigenvalue weighted by Gasteiger charge is -2.10. The fourth-order valence-corrected chi connectivity index (χ4v) is 2.89. The Kier molecular flexibility index (Phi) is 5.84. The minimum absolute atomic E-state index is 0.525. The summed E-state index contributed by atoms with van der Waals surface area (Å²) in [4.78, 5) is 0. The SMILES string of the molecule is CC(C)CCOCCNc1c(Cl)cc(Cl)c2nsnc12. The van der Waals surface area contributed by atoms with Gasteiger partial charge < -0.3 is 10.1 Å². The van der Waals surface area contributed by atoms with Crippen molar-refractivity contribution in [1.29, 1.82) is 0 Å². The van der Waals surface area contributed by atoms with Crippen LogP contribution in [0, 0.1) is 5.92 Å². The molecule has 0 bridgehead atoms. The van der Waals surface area contributed by atoms with Crippen molar-refractivity contribution in [2.24, 2.45) is 5.92 Å². The van der Waals surface area contributed by atoms with Crippen LogP contribution in [0.3, 0.4) is 0 Å². The van der Waals surface area contributed by atoms with E-state index in [2.05, 4.69) is 27.9 Å². The van der Waals surface area contributed by atoms with Crippen LogP contribution in [0.5, 0.6) is 0 Å². The second-order valence-corrected chi connectivity index (χ2v) is 6.24. The van der Waals surface area contributed by atoms with E-state index in [0.29, 0.717) is 34.6 Å². The Morgan fingerprint density at radius 1 is 1.20 bits per heavy atom. The molecule has 0 aliphatic heterocycles. The van der Waals surface area contributed by atoms with Crippen molar-refractivity contribution in [2.75, 3.05) is 25.1 Å². The monoisotopic (exact) mass is 333 g/mol. The van der Waals surface area contributed by atoms with Gasteiger partial charge in [-0.1, -0.05) is 37.0 Å². The van der Waals surface area contributed by atoms with Crippen LogP contribution in [-0.2, 0) is 4.74 Å². The van der Waals surface area contributed by atoms with Crippen molar-refractivity contribution in [3.63, 3.8) is 0 Å². The number of anilines is 1. The van der Waals surface area contributed by atoms with Crippen LogP contribution in [0.1, 0.15) is 20.3 Å². The number of hydrogen-bond acceptors (Lipinski definition) is 5. The highest BCUT2D eigenvalue weighted by molar-refractivity contribution is 7.00. The van der Waals surface area contributed by atoms with Gasteiger partial charge in [0.25, 0.3) is 0 Å². The Balaban J connectivity index is 1.92. The predicted molar refractivity (Wildman–Crippen MR) is 86.2 cm³/mol. The first-order valence-corrected chi connectivity index (χ1v) is 8.00. The average Bonchev–Trinajstić information content (AvgIpc) is 2.86. The zero-order chi connectivity index (χ0) is 14.5. The normalized spacial score (nSPS) is 11.4. The van der Waals surface area contributed by atoms with E-state index in [1.54, 1.807) is 6.07 Å². The van der Waals surface area contributed by atoms with E-state index < -0.39 is 0 Å². The number of benzene rings is 1. The molecule has 2 aromatic rings. The molecular formula is C13H17Cl2N3OS. The molecule has 0 radical (unpaired) electrons. The maximum Gasteiger partial charge on any atom is 0.130 e. The molecule has 0 saturated heterocycles. The summed E-state index contributed by atoms with van der Waals surface area (Å²) in [6, 6.07) is 1.69. The number of fused-ring (bicyclic) bond motifs is 1. The molecule has 2 rings (SSSR count). The number of hydrogen-bond donors (Lipinski definition) is 1. The average molecular weight is 334 g/mol. The van der Waals surface area contributed by atoms with E-state index in [1.165, 1.54) is 0 Å². The van der Waals surface area contributed by atoms with E-state index in [0.717, 1.165) is 36.0 Å². The third-order valence-corrected chi connectivity index (χ3v) is 3.95. The molecule has 110 valence electrons. The topological polar surface area (TPSA) is 47.0 Å². The van der Waals surface area contributed by atoms with Crippen LogP contribution < -0.4 is 5.32 Å². The fraction of sp³-hybridized carbons (Fsp3) is 0.538. The minimum Gasteiger partial charge on any atom is -0.380 e. The van der Waals surface area contributed by atoms with Crippen molar-refractivity contribution in [3.05, 3.63) is 16.1 Å². The van der Waals surface area contributed by atoms with Crippen molar-refractivity contribution in [2.45, 2.75) is 20.3 Å². The highest BCUT2D eigenvalue weighted by Crippen LogP contribution is 2.34. The van der Waals surface area contributed by atoms with E-state index in [1.807, 2.05) is 0 Å². The highest BCUT2D eigenvalue weighted by atomic mass is 35.5. The van der Waals surface area contributed by atoms with E-state index in [-0.39, 0.29) is 0 Å². The minimum atomic E-state index is 0.525. The molecule has 4 nitrogen and oxygen atoms in total. The highest BCUT2D eigenvalue weighted by Gasteiger charge is 2.13. The van der Waals surface area contributed by atoms with Gasteiger partial charge in [0.1, 0.15) is 11.0 Å². The Labute approximate surface area is 132 Å². The lowest BCUT2D eigenvalue weighted by molar-refractivity contribution is 0.133. The summed E-state index contributed by atoms with van der Waals surface area (Å²) in [6.07, 6.45) is 1.07. The maximum absolute atomic E-state index is 6.20. The van der Waals surface area contributed by atoms with Crippen LogP contribution in [-0.4, -0.2) is 28.5 Å². The number of ether oxygens (including phenoxy) is 1. The molecule has 20 heavy (non-hydrogen) atoms. The molecule has 0 fully saturated rings. The Bertz CT molecular complexity index is 574. The molecule has 0 unspecified atom stereocenters. The summed E-state index contributed by atoms with van der Waals surface area (Å²) in [5.41, 5.74) is 2.17. The van der Waals surface area contributed by atoms with Crippen LogP contribution in [0.15, 0.2) is 6.07 Å². The van der Waals surface area contributed by atoms with Crippen LogP contribution in [0.4, 0.5) is 5.69 Å². The Morgan fingerprint density at radius 3 is 2.70 bits per heavy atom. The zero-order valence-electron chi connectivity index (χ0n) is 11.4. The third-order valence-electron chi connectivity index (χ3n) is 2.83. The molecule has 1 N–H and O–H groups in total. The molecular weight excluding hydrogens is 317 g/mol. The molecule has 0 saturated carbocycles. The van der Waals surface area contributed by atoms with Gasteiger partial charge in [-0.25, -0.2) is 0 Å². The third kappa shape index (κ3) is 3.95. The van der Waals surface area contributed by atoms with Crippen LogP contribution >= 0.6 is 34.9 Å². The molecule has 1 aromatic carbocycles. The molecule has 0 aliphatic rings. The van der Waals surface area contributed by atoms with Gasteiger partial charge in [0.15, 0.2) is 0 Å². The van der Waals surface area contributed by atoms with Gasteiger partial charge in [-0.05, 0) is 18.4 Å². The second-order valence-electron chi connectivity index (χ2n) is 4.90. The van der Waals surface area contributed by atoms with Gasteiger partial charge in [-0.2, -0.15) is 8.75 Å². The maximum atomic E-state index is 6.20. The summed E-state index contributed by atoms with van der Waals surface area (Å²) >= 11 is 13.4. The van der Waals surface area contributed by atoms with Crippen molar-refractivity contribution in [3.8, 4) is 0 Å². The fourth-order valence-electron chi connectivity index (χ4n) is 1.71. The summed E-state index contributed by atoms with van der Waals surface area (Å²) in [6.45, 7) is 6.44. The van der Waals surface area contributed by atoms with Crippen molar-refractivity contribution < 1.29 is 4.74 Å². The van der Waals surface area contributed by atoms with Gasteiger partial charge in [-0.3, -0.25) is 0 Å². The van der Waals surface area contributed by atoms with E-state index >= 15 is 0 Å². The summed E-state index contributed by atoms with van der Waals surface area (Å²) in [7, 11) is 0. The molecule has 0 spiro atoms. The van der Waals surface area contributed by atoms with Crippen LogP contribution in [0.2, 0.25) is 10.0 Å². The number of nitrogens with zero attached hydrogens (tertiary/aromatic N) is 2. The first-order valence-electron chi connectivity index (χ1n) is 6.51. The van der Waals surface area contributed by atoms with Gasteiger partial charge >= 0.3 is 0 Å². The lowest BCUT2D eigenvalue weighted by atomic mass is 10.1. The molecule has 1 aromatic heterocycles. The van der Waals surface area contributed by atoms with Gasteiger partial charge in [0.05, 0.1) is 34.1 Å². The van der Waals surface area contributed by atoms with Gasteiger partial charge in [-0.15, -0.1) is 0 Å². The van der Waals surface area contributed by atoms with Gasteiger partial charge in [0.2, 0.25) is 0 Å². The zero-order valence-corrected chi connectivity index (χ0v) is 13.8. The number of nitrogens with one attached hydrogen (secondary N) is 1. The van der Waals surface area contributed by atoms with Crippen molar-refractivity contribution >= 4 is 51.7 Å². The standard InChI is InChI=1S/C13H17Cl2N3OS/c1-8(2)3-5-19-6-4-16-11-9(14)7-10(15)12-13(11)18-20-17-12/h7-8,16H,3-6H2,1-2H3. The first kappa shape index (κ1) is 15.8. The quantitative estimate of drug-likeness (QED) is 0.759. The summed E-state index contributed by atoms with van der Waals surface area (Å²) < 4.78 is 14.0. The smallest absolute Gasteiger partial charge is 0.130 e. The van der Waals surface area contributed by atoms with Gasteiger partial charge in [0, 0.05) is 13.2 Å². The van der Waals surface area contributed by atoms with Crippen molar-refractivity contribution in [1.82, 2.24) is 8.75 Å². The second kappa shape index (κ2) is 7.41. The molecule has 0 aliphatic carbocycles. The largest absolute Gasteiger partial charge is 0.380 e. The number of halogens is 2. The van der Waals surface area contributed by atoms with E-state index in [9.17, 15) is 0 Å². The summed E-state index contributed by atoms with van der Waals surface area (Å²) in [5, 5.41) is 4.32. The molecule has 0 amide bonds. The number of rotatable bonds is 7. The lowest BCUT2D eigenvalue weighted by Crippen LogP contribution is -2.11. The molecule has 1 heterocycles. The Hall–Kier alpha value is -0.620. The predicted octanol–water partition coefficient (Wildman–Crippen LogP) is 4.47.